The summed E-state index contributed by atoms with van der Waals surface area (Å²) < 4.78 is 0. The van der Waals surface area contributed by atoms with E-state index in [9.17, 15) is 4.79 Å². The van der Waals surface area contributed by atoms with E-state index in [1.807, 2.05) is 48.7 Å². The summed E-state index contributed by atoms with van der Waals surface area (Å²) in [5, 5.41) is 6.62. The van der Waals surface area contributed by atoms with Gasteiger partial charge in [-0.25, -0.2) is 0 Å². The molecule has 1 saturated heterocycles. The number of amides is 1. The summed E-state index contributed by atoms with van der Waals surface area (Å²) in [5.41, 5.74) is 2.93. The highest BCUT2D eigenvalue weighted by Gasteiger charge is 2.26. The Morgan fingerprint density at radius 3 is 3.00 bits per heavy atom. The van der Waals surface area contributed by atoms with Crippen LogP contribution in [-0.2, 0) is 11.3 Å². The lowest BCUT2D eigenvalue weighted by Crippen LogP contribution is -2.20. The number of hydrogen-bond donors (Lipinski definition) is 1. The number of thioether (sulfide) groups is 1. The molecule has 1 aromatic carbocycles. The second-order valence-electron chi connectivity index (χ2n) is 5.62. The summed E-state index contributed by atoms with van der Waals surface area (Å²) in [5.74, 6) is -0.0845. The second-order valence-corrected chi connectivity index (χ2v) is 7.65. The normalized spacial score (nSPS) is 18.0. The fourth-order valence-corrected chi connectivity index (χ4v) is 4.14. The van der Waals surface area contributed by atoms with E-state index in [2.05, 4.69) is 21.4 Å². The third kappa shape index (κ3) is 3.36. The third-order valence-electron chi connectivity index (χ3n) is 3.96. The molecule has 4 rings (SSSR count). The van der Waals surface area contributed by atoms with E-state index < -0.39 is 0 Å². The molecule has 25 heavy (non-hydrogen) atoms. The van der Waals surface area contributed by atoms with Gasteiger partial charge < -0.3 is 5.32 Å². The second kappa shape index (κ2) is 6.82. The molecular weight excluding hydrogens is 350 g/mol. The van der Waals surface area contributed by atoms with Crippen LogP contribution < -0.4 is 5.32 Å². The molecule has 4 nitrogen and oxygen atoms in total. The summed E-state index contributed by atoms with van der Waals surface area (Å²) in [6, 6.07) is 14.1. The smallest absolute Gasteiger partial charge is 0.264 e. The first-order valence-electron chi connectivity index (χ1n) is 7.83. The van der Waals surface area contributed by atoms with Gasteiger partial charge in [-0.2, -0.15) is 0 Å². The minimum absolute atomic E-state index is 0.0845. The summed E-state index contributed by atoms with van der Waals surface area (Å²) in [7, 11) is 0. The Kier molecular flexibility index (Phi) is 4.38. The minimum atomic E-state index is -0.0845. The van der Waals surface area contributed by atoms with Crippen LogP contribution in [-0.4, -0.2) is 16.1 Å². The van der Waals surface area contributed by atoms with Crippen LogP contribution in [0, 0.1) is 0 Å². The number of pyridine rings is 1. The van der Waals surface area contributed by atoms with Gasteiger partial charge in [0.15, 0.2) is 5.17 Å². The number of amidine groups is 1. The lowest BCUT2D eigenvalue weighted by molar-refractivity contribution is -0.115. The summed E-state index contributed by atoms with van der Waals surface area (Å²) >= 11 is 3.07. The Morgan fingerprint density at radius 2 is 2.16 bits per heavy atom. The van der Waals surface area contributed by atoms with Crippen molar-refractivity contribution < 1.29 is 4.79 Å². The number of hydrogen-bond acceptors (Lipinski definition) is 5. The number of carbonyl (C=O) groups excluding carboxylic acids is 1. The number of aliphatic imine (C=N–C) groups is 1. The van der Waals surface area contributed by atoms with Crippen LogP contribution in [0.15, 0.2) is 63.9 Å². The average Bonchev–Trinajstić information content (AvgIpc) is 3.28. The van der Waals surface area contributed by atoms with Crippen molar-refractivity contribution >= 4 is 50.6 Å². The van der Waals surface area contributed by atoms with E-state index >= 15 is 0 Å². The molecule has 1 N–H and O–H groups in total. The molecule has 3 heterocycles. The summed E-state index contributed by atoms with van der Waals surface area (Å²) in [6.45, 7) is 2.57. The van der Waals surface area contributed by atoms with Crippen molar-refractivity contribution in [1.82, 2.24) is 10.3 Å². The van der Waals surface area contributed by atoms with Gasteiger partial charge in [0.05, 0.1) is 17.0 Å². The highest BCUT2D eigenvalue weighted by atomic mass is 32.2. The van der Waals surface area contributed by atoms with Gasteiger partial charge in [0, 0.05) is 16.5 Å². The van der Waals surface area contributed by atoms with E-state index in [0.29, 0.717) is 16.6 Å². The number of aromatic nitrogens is 1. The van der Waals surface area contributed by atoms with E-state index in [4.69, 9.17) is 0 Å². The third-order valence-corrected chi connectivity index (χ3v) is 5.94. The Balaban J connectivity index is 1.62. The van der Waals surface area contributed by atoms with Crippen molar-refractivity contribution in [2.24, 2.45) is 4.99 Å². The Bertz CT molecular complexity index is 1010. The number of rotatable bonds is 3. The summed E-state index contributed by atoms with van der Waals surface area (Å²) in [6.07, 6.45) is 1.78. The van der Waals surface area contributed by atoms with Gasteiger partial charge in [-0.05, 0) is 59.5 Å². The number of carbonyl (C=O) groups is 1. The topological polar surface area (TPSA) is 54.4 Å². The molecule has 0 saturated carbocycles. The van der Waals surface area contributed by atoms with Gasteiger partial charge in [-0.15, -0.1) is 11.3 Å². The molecular formula is C19H15N3OS2. The van der Waals surface area contributed by atoms with Crippen LogP contribution in [0.2, 0.25) is 0 Å². The molecule has 1 aliphatic heterocycles. The standard InChI is InChI=1S/C19H15N3OS2/c1-12(13-6-7-16-14(10-13)4-2-8-20-16)17-18(23)22-19(25-17)21-11-15-5-3-9-24-15/h2-10H,11H2,1H3,(H,21,22,23)/b17-12-. The molecule has 124 valence electrons. The maximum Gasteiger partial charge on any atom is 0.264 e. The molecule has 1 fully saturated rings. The SMILES string of the molecule is C/C(=C1/SC(=NCc2cccs2)NC1=O)c1ccc2ncccc2c1. The molecule has 1 aliphatic rings. The van der Waals surface area contributed by atoms with Crippen molar-refractivity contribution in [2.75, 3.05) is 0 Å². The predicted octanol–water partition coefficient (Wildman–Crippen LogP) is 4.45. The maximum absolute atomic E-state index is 12.3. The minimum Gasteiger partial charge on any atom is -0.301 e. The Labute approximate surface area is 153 Å². The lowest BCUT2D eigenvalue weighted by Gasteiger charge is -2.05. The van der Waals surface area contributed by atoms with Gasteiger partial charge in [-0.3, -0.25) is 14.8 Å². The van der Waals surface area contributed by atoms with Crippen LogP contribution in [0.1, 0.15) is 17.4 Å². The predicted molar refractivity (Wildman–Crippen MR) is 106 cm³/mol. The molecule has 2 aromatic heterocycles. The van der Waals surface area contributed by atoms with E-state index in [1.165, 1.54) is 16.6 Å². The van der Waals surface area contributed by atoms with Crippen LogP contribution in [0.3, 0.4) is 0 Å². The van der Waals surface area contributed by atoms with Gasteiger partial charge in [0.1, 0.15) is 0 Å². The number of thiophene rings is 1. The number of nitrogens with one attached hydrogen (secondary N) is 1. The van der Waals surface area contributed by atoms with Gasteiger partial charge in [0.2, 0.25) is 0 Å². The van der Waals surface area contributed by atoms with Crippen LogP contribution in [0.4, 0.5) is 0 Å². The lowest BCUT2D eigenvalue weighted by atomic mass is 10.0. The zero-order valence-electron chi connectivity index (χ0n) is 13.5. The number of allylic oxidation sites excluding steroid dienone is 1. The van der Waals surface area contributed by atoms with Gasteiger partial charge in [-0.1, -0.05) is 18.2 Å². The molecule has 0 spiro atoms. The molecule has 0 unspecified atom stereocenters. The zero-order chi connectivity index (χ0) is 17.2. The van der Waals surface area contributed by atoms with Crippen molar-refractivity contribution in [1.29, 1.82) is 0 Å². The maximum atomic E-state index is 12.3. The summed E-state index contributed by atoms with van der Waals surface area (Å²) in [4.78, 5) is 23.1. The molecule has 3 aromatic rings. The molecule has 0 bridgehead atoms. The largest absolute Gasteiger partial charge is 0.301 e. The highest BCUT2D eigenvalue weighted by Crippen LogP contribution is 2.32. The number of fused-ring (bicyclic) bond motifs is 1. The van der Waals surface area contributed by atoms with Crippen LogP contribution >= 0.6 is 23.1 Å². The first kappa shape index (κ1) is 16.1. The monoisotopic (exact) mass is 365 g/mol. The molecule has 0 atom stereocenters. The van der Waals surface area contributed by atoms with Crippen molar-refractivity contribution in [2.45, 2.75) is 13.5 Å². The zero-order valence-corrected chi connectivity index (χ0v) is 15.2. The first-order valence-corrected chi connectivity index (χ1v) is 9.52. The number of nitrogens with zero attached hydrogens (tertiary/aromatic N) is 2. The fourth-order valence-electron chi connectivity index (χ4n) is 2.63. The van der Waals surface area contributed by atoms with Crippen molar-refractivity contribution in [3.05, 3.63) is 69.4 Å². The van der Waals surface area contributed by atoms with E-state index in [1.54, 1.807) is 17.5 Å². The molecule has 0 radical (unpaired) electrons. The van der Waals surface area contributed by atoms with Crippen molar-refractivity contribution in [3.63, 3.8) is 0 Å². The average molecular weight is 365 g/mol. The number of benzene rings is 1. The van der Waals surface area contributed by atoms with Crippen LogP contribution in [0.25, 0.3) is 16.5 Å². The van der Waals surface area contributed by atoms with E-state index in [-0.39, 0.29) is 5.91 Å². The highest BCUT2D eigenvalue weighted by molar-refractivity contribution is 8.18. The van der Waals surface area contributed by atoms with Crippen LogP contribution in [0.5, 0.6) is 0 Å². The molecule has 1 amide bonds. The van der Waals surface area contributed by atoms with E-state index in [0.717, 1.165) is 22.0 Å². The molecule has 0 aliphatic carbocycles. The van der Waals surface area contributed by atoms with Gasteiger partial charge >= 0.3 is 0 Å². The molecule has 6 heteroatoms. The van der Waals surface area contributed by atoms with Gasteiger partial charge in [0.25, 0.3) is 5.91 Å². The first-order chi connectivity index (χ1) is 12.2. The van der Waals surface area contributed by atoms with Crippen molar-refractivity contribution in [3.8, 4) is 0 Å². The quantitative estimate of drug-likeness (QED) is 0.698. The fraction of sp³-hybridized carbons (Fsp3) is 0.105. The Hall–Kier alpha value is -2.44. The Morgan fingerprint density at radius 1 is 1.24 bits per heavy atom.